The minimum absolute atomic E-state index is 1.13. The third kappa shape index (κ3) is 9.10. The lowest BCUT2D eigenvalue weighted by atomic mass is 10.3. The summed E-state index contributed by atoms with van der Waals surface area (Å²) in [4.78, 5) is 16.1. The van der Waals surface area contributed by atoms with Crippen LogP contribution in [0.1, 0.15) is 79.1 Å². The molecule has 4 nitrogen and oxygen atoms in total. The standard InChI is InChI=1S/C18H46N4Si2/c1-7-11-15-19-23(5,6)24(20-16-12-8-2,21-17-13-9-3)22-18-14-10-4/h19-22H,7-18H2,1-6H3. The first kappa shape index (κ1) is 24.3. The Hall–Kier alpha value is 0.274. The summed E-state index contributed by atoms with van der Waals surface area (Å²) < 4.78 is 0. The molecule has 0 radical (unpaired) electrons. The van der Waals surface area contributed by atoms with Crippen LogP contribution in [0.5, 0.6) is 0 Å². The summed E-state index contributed by atoms with van der Waals surface area (Å²) in [6, 6.07) is 0. The van der Waals surface area contributed by atoms with E-state index in [1.165, 1.54) is 51.4 Å². The zero-order valence-electron chi connectivity index (χ0n) is 17.5. The molecule has 0 aliphatic heterocycles. The van der Waals surface area contributed by atoms with Gasteiger partial charge in [-0.05, 0) is 51.9 Å². The van der Waals surface area contributed by atoms with E-state index < -0.39 is 15.8 Å². The van der Waals surface area contributed by atoms with Crippen molar-refractivity contribution in [3.63, 3.8) is 0 Å². The van der Waals surface area contributed by atoms with Gasteiger partial charge in [0.2, 0.25) is 0 Å². The smallest absolute Gasteiger partial charge is 0.280 e. The Morgan fingerprint density at radius 2 is 0.792 bits per heavy atom. The van der Waals surface area contributed by atoms with Crippen LogP contribution < -0.4 is 19.9 Å². The van der Waals surface area contributed by atoms with Gasteiger partial charge in [-0.1, -0.05) is 66.5 Å². The molecular formula is C18H46N4Si2. The van der Waals surface area contributed by atoms with Gasteiger partial charge in [0.25, 0.3) is 8.08 Å². The minimum atomic E-state index is -1.91. The molecule has 0 aliphatic carbocycles. The Bertz CT molecular complexity index is 262. The first-order valence-corrected chi connectivity index (χ1v) is 16.5. The quantitative estimate of drug-likeness (QED) is 0.231. The molecule has 0 rings (SSSR count). The van der Waals surface area contributed by atoms with Crippen molar-refractivity contribution in [2.24, 2.45) is 0 Å². The van der Waals surface area contributed by atoms with Crippen LogP contribution in [-0.4, -0.2) is 42.0 Å². The molecule has 0 aromatic carbocycles. The van der Waals surface area contributed by atoms with Crippen molar-refractivity contribution < 1.29 is 0 Å². The van der Waals surface area contributed by atoms with Gasteiger partial charge >= 0.3 is 0 Å². The molecule has 0 fully saturated rings. The van der Waals surface area contributed by atoms with Gasteiger partial charge < -0.3 is 19.9 Å². The van der Waals surface area contributed by atoms with Crippen LogP contribution in [0.25, 0.3) is 0 Å². The highest BCUT2D eigenvalue weighted by Gasteiger charge is 2.49. The van der Waals surface area contributed by atoms with Gasteiger partial charge in [0.15, 0.2) is 7.75 Å². The fourth-order valence-corrected chi connectivity index (χ4v) is 13.6. The summed E-state index contributed by atoms with van der Waals surface area (Å²) in [5.41, 5.74) is 0. The Morgan fingerprint density at radius 1 is 0.500 bits per heavy atom. The lowest BCUT2D eigenvalue weighted by Crippen LogP contribution is -2.88. The Morgan fingerprint density at radius 3 is 1.08 bits per heavy atom. The van der Waals surface area contributed by atoms with Gasteiger partial charge in [0.1, 0.15) is 0 Å². The van der Waals surface area contributed by atoms with E-state index in [0.717, 1.165) is 26.2 Å². The molecule has 0 bridgehead atoms. The average molecular weight is 375 g/mol. The van der Waals surface area contributed by atoms with Crippen LogP contribution >= 0.6 is 0 Å². The minimum Gasteiger partial charge on any atom is -0.336 e. The lowest BCUT2D eigenvalue weighted by Gasteiger charge is -2.45. The molecule has 0 aromatic rings. The predicted molar refractivity (Wildman–Crippen MR) is 115 cm³/mol. The summed E-state index contributed by atoms with van der Waals surface area (Å²) in [5, 5.41) is 0. The van der Waals surface area contributed by atoms with E-state index in [2.05, 4.69) is 60.7 Å². The average Bonchev–Trinajstić information content (AvgIpc) is 2.55. The van der Waals surface area contributed by atoms with Crippen molar-refractivity contribution in [1.29, 1.82) is 0 Å². The number of hydrogen-bond donors (Lipinski definition) is 4. The maximum atomic E-state index is 4.04. The van der Waals surface area contributed by atoms with E-state index in [4.69, 9.17) is 0 Å². The second kappa shape index (κ2) is 14.4. The molecule has 146 valence electrons. The molecule has 0 heterocycles. The normalized spacial score (nSPS) is 12.8. The highest BCUT2D eigenvalue weighted by atomic mass is 29.3. The summed E-state index contributed by atoms with van der Waals surface area (Å²) in [6.45, 7) is 18.7. The van der Waals surface area contributed by atoms with Gasteiger partial charge in [-0.3, -0.25) is 0 Å². The van der Waals surface area contributed by atoms with Crippen LogP contribution in [-0.2, 0) is 0 Å². The predicted octanol–water partition coefficient (Wildman–Crippen LogP) is 3.77. The monoisotopic (exact) mass is 374 g/mol. The van der Waals surface area contributed by atoms with Crippen molar-refractivity contribution >= 4 is 15.8 Å². The van der Waals surface area contributed by atoms with Crippen molar-refractivity contribution in [3.8, 4) is 0 Å². The van der Waals surface area contributed by atoms with Crippen molar-refractivity contribution in [2.45, 2.75) is 92.2 Å². The van der Waals surface area contributed by atoms with Gasteiger partial charge in [0.05, 0.1) is 0 Å². The van der Waals surface area contributed by atoms with Crippen molar-refractivity contribution in [2.75, 3.05) is 26.2 Å². The second-order valence-corrected chi connectivity index (χ2v) is 19.7. The molecule has 0 spiro atoms. The molecule has 6 heteroatoms. The molecule has 0 aromatic heterocycles. The summed E-state index contributed by atoms with van der Waals surface area (Å²) in [5.74, 6) is 0. The van der Waals surface area contributed by atoms with Gasteiger partial charge in [-0.25, -0.2) is 0 Å². The zero-order valence-corrected chi connectivity index (χ0v) is 19.5. The highest BCUT2D eigenvalue weighted by Crippen LogP contribution is 2.10. The van der Waals surface area contributed by atoms with E-state index in [1.54, 1.807) is 0 Å². The summed E-state index contributed by atoms with van der Waals surface area (Å²) in [7, 11) is -3.52. The third-order valence-corrected chi connectivity index (χ3v) is 17.9. The van der Waals surface area contributed by atoms with E-state index in [-0.39, 0.29) is 0 Å². The highest BCUT2D eigenvalue weighted by molar-refractivity contribution is 7.37. The molecule has 0 saturated carbocycles. The molecular weight excluding hydrogens is 328 g/mol. The van der Waals surface area contributed by atoms with E-state index in [1.807, 2.05) is 0 Å². The van der Waals surface area contributed by atoms with Gasteiger partial charge in [0, 0.05) is 0 Å². The number of hydrogen-bond acceptors (Lipinski definition) is 4. The molecule has 0 atom stereocenters. The number of unbranched alkanes of at least 4 members (excludes halogenated alkanes) is 4. The topological polar surface area (TPSA) is 48.1 Å². The molecule has 4 N–H and O–H groups in total. The first-order chi connectivity index (χ1) is 11.5. The molecule has 0 saturated heterocycles. The van der Waals surface area contributed by atoms with Crippen LogP contribution in [0.4, 0.5) is 0 Å². The van der Waals surface area contributed by atoms with Crippen LogP contribution in [0, 0.1) is 0 Å². The maximum Gasteiger partial charge on any atom is 0.280 e. The summed E-state index contributed by atoms with van der Waals surface area (Å²) in [6.07, 6.45) is 10.1. The Balaban J connectivity index is 5.14. The zero-order chi connectivity index (χ0) is 18.3. The second-order valence-electron chi connectivity index (χ2n) is 7.50. The van der Waals surface area contributed by atoms with Gasteiger partial charge in [-0.15, -0.1) is 0 Å². The molecule has 0 aliphatic rings. The van der Waals surface area contributed by atoms with Crippen LogP contribution in [0.15, 0.2) is 0 Å². The van der Waals surface area contributed by atoms with Crippen LogP contribution in [0.2, 0.25) is 13.1 Å². The maximum absolute atomic E-state index is 4.04. The lowest BCUT2D eigenvalue weighted by molar-refractivity contribution is 0.666. The van der Waals surface area contributed by atoms with E-state index >= 15 is 0 Å². The van der Waals surface area contributed by atoms with E-state index in [0.29, 0.717) is 0 Å². The van der Waals surface area contributed by atoms with E-state index in [9.17, 15) is 0 Å². The van der Waals surface area contributed by atoms with Gasteiger partial charge in [-0.2, -0.15) is 0 Å². The Kier molecular flexibility index (Phi) is 14.6. The number of rotatable bonds is 17. The SMILES string of the molecule is CCCCN[Si](C)(C)[Si](NCCCC)(NCCCC)NCCCC. The molecule has 0 unspecified atom stereocenters. The van der Waals surface area contributed by atoms with Crippen molar-refractivity contribution in [3.05, 3.63) is 0 Å². The largest absolute Gasteiger partial charge is 0.336 e. The fourth-order valence-electron chi connectivity index (χ4n) is 2.92. The fraction of sp³-hybridized carbons (Fsp3) is 1.00. The van der Waals surface area contributed by atoms with Crippen molar-refractivity contribution in [1.82, 2.24) is 19.9 Å². The number of nitrogens with one attached hydrogen (secondary N) is 4. The third-order valence-electron chi connectivity index (χ3n) is 4.80. The summed E-state index contributed by atoms with van der Waals surface area (Å²) >= 11 is 0. The first-order valence-electron chi connectivity index (χ1n) is 10.5. The molecule has 24 heavy (non-hydrogen) atoms. The Labute approximate surface area is 154 Å². The molecule has 0 amide bonds. The van der Waals surface area contributed by atoms with Crippen LogP contribution in [0.3, 0.4) is 0 Å².